The first-order chi connectivity index (χ1) is 6.13. The summed E-state index contributed by atoms with van der Waals surface area (Å²) < 4.78 is 7.37. The van der Waals surface area contributed by atoms with Crippen molar-refractivity contribution in [2.75, 3.05) is 0 Å². The Kier molecular flexibility index (Phi) is 2.39. The van der Waals surface area contributed by atoms with E-state index in [1.54, 1.807) is 6.92 Å². The lowest BCUT2D eigenvalue weighted by Gasteiger charge is -2.07. The predicted molar refractivity (Wildman–Crippen MR) is 47.1 cm³/mol. The molecule has 1 aromatic carbocycles. The van der Waals surface area contributed by atoms with E-state index in [-0.39, 0.29) is 5.92 Å². The second-order valence-corrected chi connectivity index (χ2v) is 2.70. The fourth-order valence-corrected chi connectivity index (χ4v) is 1.07. The molecule has 64 valence electrons. The van der Waals surface area contributed by atoms with E-state index >= 15 is 0 Å². The largest absolute Gasteiger partial charge is 0.481 e. The molecule has 12 heavy (non-hydrogen) atoms. The molecule has 0 radical (unpaired) electrons. The molecule has 0 aromatic heterocycles. The Hall–Kier alpha value is -1.31. The first kappa shape index (κ1) is 7.35. The molecule has 1 aromatic rings. The van der Waals surface area contributed by atoms with Crippen LogP contribution in [-0.4, -0.2) is 11.1 Å². The molecule has 0 fully saturated rings. The summed E-state index contributed by atoms with van der Waals surface area (Å²) >= 11 is 0. The smallest absolute Gasteiger partial charge is 0.303 e. The molecule has 0 saturated heterocycles. The first-order valence-corrected chi connectivity index (χ1v) is 3.83. The van der Waals surface area contributed by atoms with Crippen molar-refractivity contribution in [1.29, 1.82) is 0 Å². The van der Waals surface area contributed by atoms with E-state index in [1.165, 1.54) is 0 Å². The number of aliphatic carboxylic acids is 1. The Morgan fingerprint density at radius 3 is 2.67 bits per heavy atom. The second-order valence-electron chi connectivity index (χ2n) is 2.70. The van der Waals surface area contributed by atoms with Gasteiger partial charge >= 0.3 is 5.97 Å². The molecular weight excluding hydrogens is 153 g/mol. The van der Waals surface area contributed by atoms with Crippen LogP contribution in [-0.2, 0) is 4.79 Å². The van der Waals surface area contributed by atoms with Crippen molar-refractivity contribution < 1.29 is 11.3 Å². The Morgan fingerprint density at radius 2 is 2.17 bits per heavy atom. The Labute approximate surface area is 73.3 Å². The molecule has 0 aliphatic rings. The fourth-order valence-electron chi connectivity index (χ4n) is 1.07. The summed E-state index contributed by atoms with van der Waals surface area (Å²) in [5.41, 5.74) is 0.893. The molecule has 0 aliphatic heterocycles. The monoisotopic (exact) mass is 166 g/mol. The molecule has 0 aliphatic carbocycles. The van der Waals surface area contributed by atoms with E-state index in [0.717, 1.165) is 5.56 Å². The average Bonchev–Trinajstić information content (AvgIpc) is 2.17. The molecule has 2 nitrogen and oxygen atoms in total. The van der Waals surface area contributed by atoms with Gasteiger partial charge in [-0.25, -0.2) is 0 Å². The number of carbonyl (C=O) groups is 1. The third-order valence-corrected chi connectivity index (χ3v) is 1.72. The quantitative estimate of drug-likeness (QED) is 0.699. The van der Waals surface area contributed by atoms with Crippen LogP contribution >= 0.6 is 0 Å². The van der Waals surface area contributed by atoms with Gasteiger partial charge in [0.15, 0.2) is 0 Å². The average molecular weight is 166 g/mol. The zero-order valence-corrected chi connectivity index (χ0v) is 6.90. The van der Waals surface area contributed by atoms with Gasteiger partial charge in [-0.1, -0.05) is 37.3 Å². The van der Waals surface area contributed by atoms with Crippen LogP contribution in [0.25, 0.3) is 0 Å². The molecule has 0 heterocycles. The maximum atomic E-state index is 10.5. The van der Waals surface area contributed by atoms with Crippen molar-refractivity contribution in [2.24, 2.45) is 0 Å². The highest BCUT2D eigenvalue weighted by molar-refractivity contribution is 5.67. The number of carboxylic acids is 1. The van der Waals surface area contributed by atoms with Crippen molar-refractivity contribution in [2.45, 2.75) is 19.2 Å². The molecule has 2 atom stereocenters. The highest BCUT2D eigenvalue weighted by Gasteiger charge is 2.08. The van der Waals surface area contributed by atoms with Crippen LogP contribution in [0.3, 0.4) is 0 Å². The molecule has 0 bridgehead atoms. The lowest BCUT2D eigenvalue weighted by Crippen LogP contribution is -2.02. The third kappa shape index (κ3) is 2.38. The van der Waals surface area contributed by atoms with Gasteiger partial charge in [-0.15, -0.1) is 0 Å². The van der Waals surface area contributed by atoms with Crippen LogP contribution in [0.2, 0.25) is 0 Å². The van der Waals surface area contributed by atoms with E-state index in [9.17, 15) is 4.79 Å². The van der Waals surface area contributed by atoms with Gasteiger partial charge in [-0.3, -0.25) is 4.79 Å². The van der Waals surface area contributed by atoms with Crippen LogP contribution in [0.1, 0.15) is 26.2 Å². The van der Waals surface area contributed by atoms with Crippen molar-refractivity contribution >= 4 is 5.97 Å². The van der Waals surface area contributed by atoms with Crippen LogP contribution < -0.4 is 0 Å². The summed E-state index contributed by atoms with van der Waals surface area (Å²) in [5.74, 6) is -1.34. The summed E-state index contributed by atoms with van der Waals surface area (Å²) in [6.45, 7) is 1.75. The molecule has 0 unspecified atom stereocenters. The van der Waals surface area contributed by atoms with E-state index in [4.69, 9.17) is 6.48 Å². The van der Waals surface area contributed by atoms with Crippen LogP contribution in [0.4, 0.5) is 0 Å². The highest BCUT2D eigenvalue weighted by atomic mass is 16.4. The maximum absolute atomic E-state index is 10.5. The van der Waals surface area contributed by atoms with Gasteiger partial charge < -0.3 is 5.11 Å². The van der Waals surface area contributed by atoms with Gasteiger partial charge in [0, 0.05) is 1.37 Å². The zero-order valence-electron chi connectivity index (χ0n) is 7.90. The van der Waals surface area contributed by atoms with E-state index in [0.29, 0.717) is 0 Å². The molecule has 2 heteroatoms. The predicted octanol–water partition coefficient (Wildman–Crippen LogP) is 2.26. The van der Waals surface area contributed by atoms with Crippen molar-refractivity contribution in [3.05, 3.63) is 35.9 Å². The number of hydrogen-bond acceptors (Lipinski definition) is 1. The van der Waals surface area contributed by atoms with E-state index < -0.39 is 12.4 Å². The van der Waals surface area contributed by atoms with Gasteiger partial charge in [-0.2, -0.15) is 0 Å². The highest BCUT2D eigenvalue weighted by Crippen LogP contribution is 2.17. The summed E-state index contributed by atoms with van der Waals surface area (Å²) in [6, 6.07) is 9.25. The molecule has 1 rings (SSSR count). The fraction of sp³-hybridized carbons (Fsp3) is 0.300. The lowest BCUT2D eigenvalue weighted by atomic mass is 10.2. The molecule has 0 amide bonds. The number of rotatable bonds is 3. The maximum Gasteiger partial charge on any atom is 0.303 e. The normalized spacial score (nSPS) is 16.2. The summed E-state index contributed by atoms with van der Waals surface area (Å²) in [6.07, 6.45) is -1.08. The van der Waals surface area contributed by atoms with Gasteiger partial charge in [0.2, 0.25) is 0 Å². The van der Waals surface area contributed by atoms with Gasteiger partial charge in [0.1, 0.15) is 0 Å². The Balaban J connectivity index is 2.79. The topological polar surface area (TPSA) is 37.3 Å². The summed E-state index contributed by atoms with van der Waals surface area (Å²) in [7, 11) is 0. The van der Waals surface area contributed by atoms with Crippen molar-refractivity contribution in [1.82, 2.24) is 0 Å². The number of benzene rings is 1. The summed E-state index contributed by atoms with van der Waals surface area (Å²) in [4.78, 5) is 10.5. The molecular formula is C10H12O2. The van der Waals surface area contributed by atoms with Crippen LogP contribution in [0.5, 0.6) is 0 Å². The van der Waals surface area contributed by atoms with Crippen LogP contribution in [0, 0.1) is 0 Å². The summed E-state index contributed by atoms with van der Waals surface area (Å²) in [5, 5.41) is 8.63. The first-order valence-electron chi connectivity index (χ1n) is 4.40. The number of carboxylic acid groups (broad SMARTS) is 1. The minimum absolute atomic E-state index is 0.265. The lowest BCUT2D eigenvalue weighted by molar-refractivity contribution is -0.137. The Bertz CT molecular complexity index is 284. The van der Waals surface area contributed by atoms with Gasteiger partial charge in [-0.05, 0) is 11.5 Å². The SMILES string of the molecule is [2H][C@@H](C(=O)O)[13C@H](C)c1ccccc1. The van der Waals surface area contributed by atoms with Gasteiger partial charge in [0.25, 0.3) is 0 Å². The van der Waals surface area contributed by atoms with Gasteiger partial charge in [0.05, 0.1) is 6.40 Å². The molecule has 1 N–H and O–H groups in total. The van der Waals surface area contributed by atoms with Crippen LogP contribution in [0.15, 0.2) is 30.3 Å². The van der Waals surface area contributed by atoms with Crippen molar-refractivity contribution in [3.63, 3.8) is 0 Å². The second kappa shape index (κ2) is 3.90. The van der Waals surface area contributed by atoms with E-state index in [2.05, 4.69) is 0 Å². The Morgan fingerprint density at radius 1 is 1.58 bits per heavy atom. The third-order valence-electron chi connectivity index (χ3n) is 1.72. The standard InChI is InChI=1S/C10H12O2/c1-8(7-10(11)12)9-5-3-2-4-6-9/h2-6,8H,7H2,1H3,(H,11,12)/t8-/m0/s1/i7D,8+1/t7-,8+/m1. The number of hydrogen-bond donors (Lipinski definition) is 1. The zero-order chi connectivity index (χ0) is 9.84. The van der Waals surface area contributed by atoms with E-state index in [1.807, 2.05) is 30.3 Å². The molecule has 0 spiro atoms. The minimum atomic E-state index is -1.08. The minimum Gasteiger partial charge on any atom is -0.481 e. The van der Waals surface area contributed by atoms with Crippen molar-refractivity contribution in [3.8, 4) is 0 Å². The molecule has 0 saturated carbocycles.